The molecule has 5 aromatic rings. The number of Topliss-reactive ketones (excluding diaryl/α,β-unsaturated/α-hetero) is 1. The highest BCUT2D eigenvalue weighted by molar-refractivity contribution is 7.20. The molecule has 0 saturated carbocycles. The Morgan fingerprint density at radius 1 is 1.02 bits per heavy atom. The van der Waals surface area contributed by atoms with E-state index in [-0.39, 0.29) is 24.9 Å². The van der Waals surface area contributed by atoms with Crippen LogP contribution in [0.5, 0.6) is 0 Å². The van der Waals surface area contributed by atoms with Crippen LogP contribution in [0.2, 0.25) is 0 Å². The zero-order chi connectivity index (χ0) is 29.4. The van der Waals surface area contributed by atoms with Crippen molar-refractivity contribution in [2.45, 2.75) is 47.0 Å². The number of thiophene rings is 3. The summed E-state index contributed by atoms with van der Waals surface area (Å²) in [6, 6.07) is 10.0. The number of carbonyl (C=O) groups is 2. The van der Waals surface area contributed by atoms with Gasteiger partial charge in [0.1, 0.15) is 0 Å². The maximum absolute atomic E-state index is 13.7. The second-order valence-electron chi connectivity index (χ2n) is 10.6. The number of aliphatic hydroxyl groups is 2. The SMILES string of the molecule is CC[C@@H](C)C(=O)c1ccc(C=O)c2c(-c3cc4sc(CCO)cc4n3C)sc(/C(C)=C/c3sc(CCO)cc3C)c12. The van der Waals surface area contributed by atoms with Gasteiger partial charge in [-0.1, -0.05) is 19.9 Å². The first-order chi connectivity index (χ1) is 19.7. The molecule has 0 aliphatic carbocycles. The lowest BCUT2D eigenvalue weighted by atomic mass is 9.90. The Kier molecular flexibility index (Phi) is 8.78. The molecule has 4 aromatic heterocycles. The smallest absolute Gasteiger partial charge is 0.166 e. The molecule has 0 aliphatic rings. The van der Waals surface area contributed by atoms with E-state index in [9.17, 15) is 19.8 Å². The lowest BCUT2D eigenvalue weighted by molar-refractivity contribution is 0.0928. The number of rotatable bonds is 11. The molecule has 8 heteroatoms. The number of ketones is 1. The second-order valence-corrected chi connectivity index (χ2v) is 13.9. The van der Waals surface area contributed by atoms with E-state index < -0.39 is 0 Å². The van der Waals surface area contributed by atoms with E-state index in [1.165, 1.54) is 0 Å². The molecule has 0 unspecified atom stereocenters. The van der Waals surface area contributed by atoms with Crippen molar-refractivity contribution in [3.05, 3.63) is 66.5 Å². The molecule has 0 saturated heterocycles. The Hall–Kier alpha value is -2.88. The molecule has 0 aliphatic heterocycles. The Morgan fingerprint density at radius 2 is 1.73 bits per heavy atom. The van der Waals surface area contributed by atoms with Gasteiger partial charge in [-0.05, 0) is 61.7 Å². The van der Waals surface area contributed by atoms with E-state index in [1.54, 1.807) is 40.1 Å². The van der Waals surface area contributed by atoms with Gasteiger partial charge in [0.05, 0.1) is 20.8 Å². The fourth-order valence-corrected chi connectivity index (χ4v) is 8.98. The van der Waals surface area contributed by atoms with Gasteiger partial charge in [-0.3, -0.25) is 9.59 Å². The summed E-state index contributed by atoms with van der Waals surface area (Å²) in [5.74, 6) is -0.0425. The lowest BCUT2D eigenvalue weighted by Gasteiger charge is -2.12. The van der Waals surface area contributed by atoms with Crippen LogP contribution in [0, 0.1) is 12.8 Å². The Bertz CT molecular complexity index is 1800. The first kappa shape index (κ1) is 29.6. The summed E-state index contributed by atoms with van der Waals surface area (Å²) >= 11 is 4.99. The summed E-state index contributed by atoms with van der Waals surface area (Å²) in [5, 5.41) is 20.5. The van der Waals surface area contributed by atoms with Gasteiger partial charge in [0, 0.05) is 80.4 Å². The van der Waals surface area contributed by atoms with Crippen LogP contribution in [0.3, 0.4) is 0 Å². The number of aldehydes is 1. The maximum Gasteiger partial charge on any atom is 0.166 e. The van der Waals surface area contributed by atoms with Gasteiger partial charge in [0.15, 0.2) is 12.1 Å². The second kappa shape index (κ2) is 12.2. The highest BCUT2D eigenvalue weighted by Crippen LogP contribution is 2.47. The van der Waals surface area contributed by atoms with Crippen LogP contribution in [0.4, 0.5) is 0 Å². The van der Waals surface area contributed by atoms with Gasteiger partial charge in [-0.15, -0.1) is 34.0 Å². The number of aliphatic hydroxyl groups excluding tert-OH is 2. The van der Waals surface area contributed by atoms with Crippen molar-refractivity contribution in [1.82, 2.24) is 4.57 Å². The minimum Gasteiger partial charge on any atom is -0.396 e. The molecular formula is C33H35NO4S3. The molecule has 214 valence electrons. The van der Waals surface area contributed by atoms with E-state index in [4.69, 9.17) is 0 Å². The molecule has 0 radical (unpaired) electrons. The zero-order valence-corrected chi connectivity index (χ0v) is 26.5. The van der Waals surface area contributed by atoms with Gasteiger partial charge in [-0.25, -0.2) is 0 Å². The third-order valence-corrected chi connectivity index (χ3v) is 11.5. The third-order valence-electron chi connectivity index (χ3n) is 7.79. The van der Waals surface area contributed by atoms with Crippen molar-refractivity contribution in [2.24, 2.45) is 13.0 Å². The van der Waals surface area contributed by atoms with Gasteiger partial charge < -0.3 is 14.8 Å². The minimum atomic E-state index is -0.133. The van der Waals surface area contributed by atoms with Crippen molar-refractivity contribution in [2.75, 3.05) is 13.2 Å². The van der Waals surface area contributed by atoms with Crippen LogP contribution in [0.1, 0.15) is 73.0 Å². The van der Waals surface area contributed by atoms with Gasteiger partial charge in [0.2, 0.25) is 0 Å². The predicted octanol–water partition coefficient (Wildman–Crippen LogP) is 8.16. The zero-order valence-electron chi connectivity index (χ0n) is 24.0. The third kappa shape index (κ3) is 5.40. The average molecular weight is 606 g/mol. The van der Waals surface area contributed by atoms with E-state index in [2.05, 4.69) is 42.7 Å². The van der Waals surface area contributed by atoms with Crippen LogP contribution < -0.4 is 0 Å². The summed E-state index contributed by atoms with van der Waals surface area (Å²) in [6.45, 7) is 8.38. The molecule has 0 bridgehead atoms. The first-order valence-electron chi connectivity index (χ1n) is 13.9. The fraction of sp³-hybridized carbons (Fsp3) is 0.333. The normalized spacial score (nSPS) is 13.0. The number of carbonyl (C=O) groups excluding carboxylic acids is 2. The molecule has 5 rings (SSSR count). The highest BCUT2D eigenvalue weighted by Gasteiger charge is 2.26. The molecule has 5 nitrogen and oxygen atoms in total. The monoisotopic (exact) mass is 605 g/mol. The molecule has 41 heavy (non-hydrogen) atoms. The van der Waals surface area contributed by atoms with Gasteiger partial charge in [-0.2, -0.15) is 0 Å². The summed E-state index contributed by atoms with van der Waals surface area (Å²) in [6.07, 6.45) is 5.07. The topological polar surface area (TPSA) is 79.5 Å². The van der Waals surface area contributed by atoms with Crippen LogP contribution in [-0.4, -0.2) is 40.1 Å². The van der Waals surface area contributed by atoms with Crippen molar-refractivity contribution in [3.8, 4) is 10.6 Å². The van der Waals surface area contributed by atoms with E-state index >= 15 is 0 Å². The molecule has 2 N–H and O–H groups in total. The van der Waals surface area contributed by atoms with E-state index in [1.807, 2.05) is 27.0 Å². The first-order valence-corrected chi connectivity index (χ1v) is 16.3. The Labute approximate surface area is 252 Å². The van der Waals surface area contributed by atoms with Crippen LogP contribution in [0.25, 0.3) is 43.2 Å². The summed E-state index contributed by atoms with van der Waals surface area (Å²) in [7, 11) is 2.04. The van der Waals surface area contributed by atoms with Crippen LogP contribution >= 0.6 is 34.0 Å². The quantitative estimate of drug-likeness (QED) is 0.118. The molecule has 1 atom stereocenters. The summed E-state index contributed by atoms with van der Waals surface area (Å²) in [4.78, 5) is 31.5. The number of hydrogen-bond acceptors (Lipinski definition) is 7. The molecule has 0 fully saturated rings. The number of hydrogen-bond donors (Lipinski definition) is 2. The van der Waals surface area contributed by atoms with Crippen molar-refractivity contribution < 1.29 is 19.8 Å². The van der Waals surface area contributed by atoms with Crippen LogP contribution in [0.15, 0.2) is 30.3 Å². The molecular weight excluding hydrogens is 571 g/mol. The lowest BCUT2D eigenvalue weighted by Crippen LogP contribution is -2.11. The Morgan fingerprint density at radius 3 is 2.37 bits per heavy atom. The molecule has 0 amide bonds. The van der Waals surface area contributed by atoms with Gasteiger partial charge >= 0.3 is 0 Å². The molecule has 0 spiro atoms. The summed E-state index contributed by atoms with van der Waals surface area (Å²) in [5.41, 5.74) is 5.53. The largest absolute Gasteiger partial charge is 0.396 e. The molecule has 1 aromatic carbocycles. The van der Waals surface area contributed by atoms with E-state index in [0.717, 1.165) is 74.9 Å². The standard InChI is InChI=1S/C33H35NO4S3/c1-6-18(2)31(38)24-8-7-21(17-37)29-30(24)32(20(4)14-27-19(3)13-22(39-27)9-11-35)41-33(29)26-16-28-25(34(26)5)15-23(40-28)10-12-36/h7-8,13-18,35-36H,6,9-12H2,1-5H3/b20-14+/t18-/m1/s1. The number of nitrogens with zero attached hydrogens (tertiary/aromatic N) is 1. The molecule has 4 heterocycles. The van der Waals surface area contributed by atoms with Crippen molar-refractivity contribution in [3.63, 3.8) is 0 Å². The maximum atomic E-state index is 13.7. The average Bonchev–Trinajstić information content (AvgIpc) is 3.71. The van der Waals surface area contributed by atoms with Crippen LogP contribution in [-0.2, 0) is 19.9 Å². The number of aromatic nitrogens is 1. The van der Waals surface area contributed by atoms with Gasteiger partial charge in [0.25, 0.3) is 0 Å². The number of benzene rings is 1. The highest BCUT2D eigenvalue weighted by atomic mass is 32.1. The number of fused-ring (bicyclic) bond motifs is 2. The fourth-order valence-electron chi connectivity index (χ4n) is 5.33. The van der Waals surface area contributed by atoms with Crippen molar-refractivity contribution in [1.29, 1.82) is 0 Å². The predicted molar refractivity (Wildman–Crippen MR) is 175 cm³/mol. The summed E-state index contributed by atoms with van der Waals surface area (Å²) < 4.78 is 3.29. The van der Waals surface area contributed by atoms with E-state index in [0.29, 0.717) is 24.0 Å². The number of aryl methyl sites for hydroxylation is 2. The Balaban J connectivity index is 1.80. The number of allylic oxidation sites excluding steroid dienone is 1. The van der Waals surface area contributed by atoms with Crippen molar-refractivity contribution >= 4 is 78.7 Å². The minimum absolute atomic E-state index is 0.0902.